The van der Waals surface area contributed by atoms with Crippen LogP contribution in [0.25, 0.3) is 4.85 Å². The van der Waals surface area contributed by atoms with Gasteiger partial charge in [0.25, 0.3) is 5.91 Å². The Labute approximate surface area is 191 Å². The predicted molar refractivity (Wildman–Crippen MR) is 114 cm³/mol. The lowest BCUT2D eigenvalue weighted by atomic mass is 9.52. The second kappa shape index (κ2) is 8.00. The van der Waals surface area contributed by atoms with E-state index in [0.29, 0.717) is 30.2 Å². The maximum Gasteiger partial charge on any atom is 0.342 e. The van der Waals surface area contributed by atoms with Crippen LogP contribution >= 0.6 is 11.6 Å². The largest absolute Gasteiger partial charge is 0.480 e. The van der Waals surface area contributed by atoms with Crippen LogP contribution in [0.4, 0.5) is 4.39 Å². The van der Waals surface area contributed by atoms with Gasteiger partial charge in [-0.15, -0.1) is 0 Å². The van der Waals surface area contributed by atoms with Gasteiger partial charge in [-0.05, 0) is 74.5 Å². The molecule has 4 bridgehead atoms. The zero-order valence-electron chi connectivity index (χ0n) is 17.7. The van der Waals surface area contributed by atoms with Crippen molar-refractivity contribution in [3.05, 3.63) is 45.5 Å². The Balaban J connectivity index is 1.34. The van der Waals surface area contributed by atoms with Crippen LogP contribution in [0.2, 0.25) is 5.02 Å². The van der Waals surface area contributed by atoms with Crippen LogP contribution in [-0.4, -0.2) is 40.2 Å². The van der Waals surface area contributed by atoms with Crippen LogP contribution in [0.1, 0.15) is 60.9 Å². The van der Waals surface area contributed by atoms with E-state index < -0.39 is 29.5 Å². The Hall–Kier alpha value is -2.17. The topological polar surface area (TPSA) is 71.2 Å². The number of nitrogens with zero attached hydrogens (tertiary/aromatic N) is 2. The molecule has 32 heavy (non-hydrogen) atoms. The minimum Gasteiger partial charge on any atom is -0.480 e. The Morgan fingerprint density at radius 1 is 1.22 bits per heavy atom. The molecule has 6 rings (SSSR count). The van der Waals surface area contributed by atoms with Gasteiger partial charge in [0.05, 0.1) is 24.0 Å². The van der Waals surface area contributed by atoms with Crippen molar-refractivity contribution in [3.8, 4) is 0 Å². The first-order valence-corrected chi connectivity index (χ1v) is 11.7. The monoisotopic (exact) mass is 460 g/mol. The normalized spacial score (nSPS) is 35.2. The highest BCUT2D eigenvalue weighted by atomic mass is 35.5. The molecule has 1 amide bonds. The molecule has 1 saturated heterocycles. The summed E-state index contributed by atoms with van der Waals surface area (Å²) >= 11 is 6.40. The molecule has 1 aliphatic heterocycles. The molecule has 1 aromatic rings. The van der Waals surface area contributed by atoms with E-state index in [1.165, 1.54) is 23.5 Å². The van der Waals surface area contributed by atoms with Gasteiger partial charge in [0.1, 0.15) is 11.9 Å². The number of rotatable bonds is 5. The number of hydrogen-bond acceptors (Lipinski definition) is 3. The molecule has 5 aliphatic rings. The summed E-state index contributed by atoms with van der Waals surface area (Å²) in [5, 5.41) is 9.51. The number of ether oxygens (including phenoxy) is 1. The molecule has 0 unspecified atom stereocenters. The van der Waals surface area contributed by atoms with E-state index in [9.17, 15) is 19.1 Å². The summed E-state index contributed by atoms with van der Waals surface area (Å²) in [6.07, 6.45) is 6.26. The number of aliphatic carboxylic acids is 1. The van der Waals surface area contributed by atoms with Gasteiger partial charge in [-0.2, -0.15) is 0 Å². The molecule has 0 spiro atoms. The highest BCUT2D eigenvalue weighted by Crippen LogP contribution is 2.60. The number of likely N-dealkylation sites (tertiary alicyclic amines) is 1. The molecule has 1 N–H and O–H groups in total. The summed E-state index contributed by atoms with van der Waals surface area (Å²) in [6, 6.07) is 1.50. The summed E-state index contributed by atoms with van der Waals surface area (Å²) < 4.78 is 21.2. The van der Waals surface area contributed by atoms with Crippen LogP contribution in [0.5, 0.6) is 0 Å². The van der Waals surface area contributed by atoms with Crippen molar-refractivity contribution in [2.45, 2.75) is 63.3 Å². The quantitative estimate of drug-likeness (QED) is 0.643. The van der Waals surface area contributed by atoms with Crippen LogP contribution in [0, 0.1) is 36.1 Å². The smallest absolute Gasteiger partial charge is 0.342 e. The van der Waals surface area contributed by atoms with Crippen molar-refractivity contribution < 1.29 is 23.8 Å². The number of carbonyl (C=O) groups is 2. The average molecular weight is 461 g/mol. The van der Waals surface area contributed by atoms with Gasteiger partial charge < -0.3 is 14.7 Å². The van der Waals surface area contributed by atoms with Crippen molar-refractivity contribution in [3.63, 3.8) is 0 Å². The molecule has 4 aliphatic carbocycles. The minimum atomic E-state index is -1.09. The molecule has 0 aromatic heterocycles. The van der Waals surface area contributed by atoms with Crippen LogP contribution in [0.15, 0.2) is 12.1 Å². The molecule has 0 radical (unpaired) electrons. The molecule has 4 saturated carbocycles. The van der Waals surface area contributed by atoms with Crippen molar-refractivity contribution in [2.24, 2.45) is 23.7 Å². The number of hydrogen-bond donors (Lipinski definition) is 1. The summed E-state index contributed by atoms with van der Waals surface area (Å²) in [5.74, 6) is -0.693. The zero-order chi connectivity index (χ0) is 22.6. The summed E-state index contributed by atoms with van der Waals surface area (Å²) in [6.45, 7) is 8.20. The molecule has 6 nitrogen and oxygen atoms in total. The van der Waals surface area contributed by atoms with Gasteiger partial charge in [0.15, 0.2) is 0 Å². The average Bonchev–Trinajstić information content (AvgIpc) is 3.25. The Bertz CT molecular complexity index is 978. The molecule has 1 atom stereocenters. The van der Waals surface area contributed by atoms with Gasteiger partial charge in [-0.3, -0.25) is 9.64 Å². The van der Waals surface area contributed by atoms with Crippen LogP contribution < -0.4 is 0 Å². The molecule has 170 valence electrons. The highest BCUT2D eigenvalue weighted by Gasteiger charge is 2.63. The number of amides is 1. The third-order valence-electron chi connectivity index (χ3n) is 8.11. The predicted octanol–water partition coefficient (Wildman–Crippen LogP) is 4.76. The molecular formula is C24H26ClFN2O4. The fraction of sp³-hybridized carbons (Fsp3) is 0.625. The first-order valence-electron chi connectivity index (χ1n) is 11.4. The summed E-state index contributed by atoms with van der Waals surface area (Å²) in [4.78, 5) is 29.4. The Morgan fingerprint density at radius 2 is 1.88 bits per heavy atom. The second-order valence-corrected chi connectivity index (χ2v) is 10.3. The van der Waals surface area contributed by atoms with E-state index in [4.69, 9.17) is 22.9 Å². The lowest BCUT2D eigenvalue weighted by Crippen LogP contribution is -2.57. The van der Waals surface area contributed by atoms with Crippen molar-refractivity contribution >= 4 is 23.5 Å². The SMILES string of the molecule is [C-]#[N+]C1(OCc2cc(F)c(C(=O)N3CCC[C@H]3C(=O)O)cc2Cl)C2CC3CC(C2)CC1C3. The van der Waals surface area contributed by atoms with E-state index in [-0.39, 0.29) is 35.6 Å². The lowest BCUT2D eigenvalue weighted by Gasteiger charge is -2.54. The highest BCUT2D eigenvalue weighted by molar-refractivity contribution is 6.31. The third-order valence-corrected chi connectivity index (χ3v) is 8.46. The Morgan fingerprint density at radius 3 is 2.47 bits per heavy atom. The van der Waals surface area contributed by atoms with Crippen LogP contribution in [-0.2, 0) is 16.1 Å². The van der Waals surface area contributed by atoms with E-state index in [2.05, 4.69) is 4.85 Å². The molecule has 1 aromatic carbocycles. The molecule has 8 heteroatoms. The maximum atomic E-state index is 14.9. The van der Waals surface area contributed by atoms with Crippen LogP contribution in [0.3, 0.4) is 0 Å². The number of halogens is 2. The number of carboxylic acids is 1. The first kappa shape index (κ1) is 21.7. The first-order chi connectivity index (χ1) is 15.3. The van der Waals surface area contributed by atoms with E-state index in [1.54, 1.807) is 0 Å². The lowest BCUT2D eigenvalue weighted by molar-refractivity contribution is -0.183. The van der Waals surface area contributed by atoms with Crippen molar-refractivity contribution in [1.29, 1.82) is 0 Å². The minimum absolute atomic E-state index is 0.0103. The fourth-order valence-corrected chi connectivity index (χ4v) is 7.01. The fourth-order valence-electron chi connectivity index (χ4n) is 6.79. The van der Waals surface area contributed by atoms with Crippen molar-refractivity contribution in [2.75, 3.05) is 6.54 Å². The van der Waals surface area contributed by atoms with E-state index in [1.807, 2.05) is 0 Å². The Kier molecular flexibility index (Phi) is 5.42. The van der Waals surface area contributed by atoms with E-state index >= 15 is 0 Å². The van der Waals surface area contributed by atoms with E-state index in [0.717, 1.165) is 25.7 Å². The van der Waals surface area contributed by atoms with Gasteiger partial charge >= 0.3 is 11.7 Å². The van der Waals surface area contributed by atoms with Crippen molar-refractivity contribution in [1.82, 2.24) is 4.90 Å². The van der Waals surface area contributed by atoms with Gasteiger partial charge in [0.2, 0.25) is 0 Å². The number of carbonyl (C=O) groups excluding carboxylic acids is 1. The van der Waals surface area contributed by atoms with Gasteiger partial charge in [0, 0.05) is 11.6 Å². The number of benzene rings is 1. The molecule has 1 heterocycles. The standard InChI is InChI=1S/C24H26ClFN2O4/c1-27-24(16-6-13-5-14(8-16)9-17(24)7-13)32-12-15-10-20(26)18(11-19(15)25)22(29)28-4-2-3-21(28)23(30)31/h10-11,13-14,16-17,21H,2-9,12H2,(H,30,31)/t13?,14?,16?,17?,21-,24?/m0/s1. The number of carboxylic acid groups (broad SMARTS) is 1. The third kappa shape index (κ3) is 3.39. The summed E-state index contributed by atoms with van der Waals surface area (Å²) in [5.41, 5.74) is -0.707. The zero-order valence-corrected chi connectivity index (χ0v) is 18.5. The molecular weight excluding hydrogens is 435 g/mol. The maximum absolute atomic E-state index is 14.9. The van der Waals surface area contributed by atoms with Gasteiger partial charge in [-0.1, -0.05) is 11.6 Å². The molecule has 5 fully saturated rings. The van der Waals surface area contributed by atoms with Gasteiger partial charge in [-0.25, -0.2) is 15.8 Å². The second-order valence-electron chi connectivity index (χ2n) is 9.88. The summed E-state index contributed by atoms with van der Waals surface area (Å²) in [7, 11) is 0.